The molecule has 1 aromatic rings. The summed E-state index contributed by atoms with van der Waals surface area (Å²) in [5.74, 6) is 0.258. The van der Waals surface area contributed by atoms with Crippen LogP contribution >= 0.6 is 0 Å². The van der Waals surface area contributed by atoms with Crippen molar-refractivity contribution >= 4 is 23.8 Å². The SMILES string of the molecule is CC(=O)OC1=C2[C@@H](C[C@H]3[C@@H]4CC=C5C[C@@H](OC(C)=O)CC[C@]5(C)[C@H]4CC[C@]23C)[C@H]2C(=O)N(Cc3ccccc3)C(=O)[C@@H]2C1. The van der Waals surface area contributed by atoms with Crippen molar-refractivity contribution in [2.24, 2.45) is 46.3 Å². The molecule has 7 heteroatoms. The fourth-order valence-corrected chi connectivity index (χ4v) is 10.7. The van der Waals surface area contributed by atoms with Crippen LogP contribution < -0.4 is 0 Å². The zero-order valence-electron chi connectivity index (χ0n) is 25.8. The van der Waals surface area contributed by atoms with Gasteiger partial charge in [-0.15, -0.1) is 0 Å². The molecule has 0 bridgehead atoms. The van der Waals surface area contributed by atoms with Crippen LogP contribution in [0.25, 0.3) is 0 Å². The summed E-state index contributed by atoms with van der Waals surface area (Å²) in [6, 6.07) is 9.69. The molecule has 1 heterocycles. The molecule has 0 radical (unpaired) electrons. The average molecular weight is 586 g/mol. The van der Waals surface area contributed by atoms with E-state index in [1.165, 1.54) is 24.3 Å². The third kappa shape index (κ3) is 4.35. The van der Waals surface area contributed by atoms with Crippen LogP contribution in [0.1, 0.15) is 84.6 Å². The number of amides is 2. The highest BCUT2D eigenvalue weighted by atomic mass is 16.5. The lowest BCUT2D eigenvalue weighted by molar-refractivity contribution is -0.148. The second-order valence-electron chi connectivity index (χ2n) is 14.5. The van der Waals surface area contributed by atoms with E-state index >= 15 is 0 Å². The number of carbonyl (C=O) groups excluding carboxylic acids is 4. The van der Waals surface area contributed by atoms with Gasteiger partial charge < -0.3 is 9.47 Å². The first kappa shape index (κ1) is 28.5. The lowest BCUT2D eigenvalue weighted by atomic mass is 9.47. The van der Waals surface area contributed by atoms with Crippen molar-refractivity contribution in [1.82, 2.24) is 4.90 Å². The van der Waals surface area contributed by atoms with E-state index < -0.39 is 11.8 Å². The number of imide groups is 1. The van der Waals surface area contributed by atoms with Crippen molar-refractivity contribution in [2.45, 2.75) is 91.7 Å². The maximum Gasteiger partial charge on any atom is 0.307 e. The first-order valence-corrected chi connectivity index (χ1v) is 16.2. The van der Waals surface area contributed by atoms with Crippen LogP contribution in [0, 0.1) is 46.3 Å². The van der Waals surface area contributed by atoms with Gasteiger partial charge in [-0.25, -0.2) is 0 Å². The van der Waals surface area contributed by atoms with Gasteiger partial charge in [0.2, 0.25) is 11.8 Å². The van der Waals surface area contributed by atoms with E-state index in [0.29, 0.717) is 29.9 Å². The number of carbonyl (C=O) groups is 4. The normalized spacial score (nSPS) is 39.7. The van der Waals surface area contributed by atoms with Crippen molar-refractivity contribution in [3.63, 3.8) is 0 Å². The number of nitrogens with zero attached hydrogens (tertiary/aromatic N) is 1. The highest BCUT2D eigenvalue weighted by Crippen LogP contribution is 2.70. The Morgan fingerprint density at radius 2 is 1.65 bits per heavy atom. The van der Waals surface area contributed by atoms with Gasteiger partial charge in [-0.1, -0.05) is 55.8 Å². The quantitative estimate of drug-likeness (QED) is 0.240. The summed E-state index contributed by atoms with van der Waals surface area (Å²) in [5, 5.41) is 0. The molecule has 0 spiro atoms. The number of fused-ring (bicyclic) bond motifs is 9. The molecule has 1 aromatic carbocycles. The third-order valence-corrected chi connectivity index (χ3v) is 12.4. The van der Waals surface area contributed by atoms with Gasteiger partial charge in [-0.3, -0.25) is 24.1 Å². The lowest BCUT2D eigenvalue weighted by Crippen LogP contribution is -2.50. The Bertz CT molecular complexity index is 1440. The Labute approximate surface area is 254 Å². The van der Waals surface area contributed by atoms with Gasteiger partial charge in [0.1, 0.15) is 11.9 Å². The largest absolute Gasteiger partial charge is 0.462 e. The molecule has 1 saturated heterocycles. The van der Waals surface area contributed by atoms with Gasteiger partial charge in [0.25, 0.3) is 0 Å². The number of allylic oxidation sites excluding steroid dienone is 3. The average Bonchev–Trinajstić information content (AvgIpc) is 3.40. The van der Waals surface area contributed by atoms with Gasteiger partial charge in [0, 0.05) is 26.7 Å². The Kier molecular flexibility index (Phi) is 6.75. The van der Waals surface area contributed by atoms with E-state index in [9.17, 15) is 19.2 Å². The molecule has 0 unspecified atom stereocenters. The molecule has 2 amide bonds. The van der Waals surface area contributed by atoms with E-state index in [-0.39, 0.29) is 53.1 Å². The topological polar surface area (TPSA) is 90.0 Å². The van der Waals surface area contributed by atoms with Crippen LogP contribution in [-0.2, 0) is 35.2 Å². The first-order valence-electron chi connectivity index (χ1n) is 16.2. The summed E-state index contributed by atoms with van der Waals surface area (Å²) in [6.07, 6.45) is 9.34. The lowest BCUT2D eigenvalue weighted by Gasteiger charge is -2.57. The molecule has 6 aliphatic rings. The third-order valence-electron chi connectivity index (χ3n) is 12.4. The number of hydrogen-bond donors (Lipinski definition) is 0. The molecule has 228 valence electrons. The van der Waals surface area contributed by atoms with Crippen molar-refractivity contribution in [2.75, 3.05) is 0 Å². The molecular weight excluding hydrogens is 542 g/mol. The van der Waals surface area contributed by atoms with Gasteiger partial charge in [-0.05, 0) is 84.2 Å². The smallest absolute Gasteiger partial charge is 0.307 e. The molecule has 9 atom stereocenters. The minimum atomic E-state index is -0.481. The van der Waals surface area contributed by atoms with Crippen LogP contribution in [0.15, 0.2) is 53.3 Å². The molecule has 1 aliphatic heterocycles. The summed E-state index contributed by atoms with van der Waals surface area (Å²) in [5.41, 5.74) is 3.43. The van der Waals surface area contributed by atoms with E-state index in [1.807, 2.05) is 30.3 Å². The second kappa shape index (κ2) is 10.2. The first-order chi connectivity index (χ1) is 20.5. The van der Waals surface area contributed by atoms with E-state index in [0.717, 1.165) is 56.1 Å². The summed E-state index contributed by atoms with van der Waals surface area (Å²) in [4.78, 5) is 53.4. The summed E-state index contributed by atoms with van der Waals surface area (Å²) in [6.45, 7) is 7.97. The zero-order valence-corrected chi connectivity index (χ0v) is 25.8. The summed E-state index contributed by atoms with van der Waals surface area (Å²) in [7, 11) is 0. The van der Waals surface area contributed by atoms with Crippen molar-refractivity contribution < 1.29 is 28.7 Å². The van der Waals surface area contributed by atoms with Crippen molar-refractivity contribution in [3.05, 3.63) is 58.9 Å². The highest BCUT2D eigenvalue weighted by Gasteiger charge is 2.66. The van der Waals surface area contributed by atoms with Crippen molar-refractivity contribution in [1.29, 1.82) is 0 Å². The molecule has 43 heavy (non-hydrogen) atoms. The monoisotopic (exact) mass is 585 g/mol. The summed E-state index contributed by atoms with van der Waals surface area (Å²) >= 11 is 0. The molecule has 4 fully saturated rings. The second-order valence-corrected chi connectivity index (χ2v) is 14.5. The maximum atomic E-state index is 14.1. The van der Waals surface area contributed by atoms with Gasteiger partial charge >= 0.3 is 11.9 Å². The number of likely N-dealkylation sites (tertiary alicyclic amines) is 1. The number of esters is 2. The Balaban J connectivity index is 1.22. The van der Waals surface area contributed by atoms with E-state index in [1.54, 1.807) is 0 Å². The number of hydrogen-bond acceptors (Lipinski definition) is 6. The van der Waals surface area contributed by atoms with Crippen LogP contribution in [0.4, 0.5) is 0 Å². The van der Waals surface area contributed by atoms with Crippen molar-refractivity contribution in [3.8, 4) is 0 Å². The standard InChI is InChI=1S/C36H43NO6/c1-20(38)42-24-12-14-35(3)23(16-24)10-11-25-28(35)13-15-36(4)29(25)17-26-31-27(18-30(32(26)36)43-21(2)39)33(40)37(34(31)41)19-22-8-6-5-7-9-22/h5-10,24-29,31H,11-19H2,1-4H3/t24-,25+,26-,27+,28-,29-,31+,35-,36-/m0/s1. The van der Waals surface area contributed by atoms with Crippen LogP contribution in [0.2, 0.25) is 0 Å². The molecule has 7 nitrogen and oxygen atoms in total. The number of ether oxygens (including phenoxy) is 2. The predicted octanol–water partition coefficient (Wildman–Crippen LogP) is 6.13. The van der Waals surface area contributed by atoms with Crippen LogP contribution in [0.5, 0.6) is 0 Å². The van der Waals surface area contributed by atoms with Gasteiger partial charge in [-0.2, -0.15) is 0 Å². The number of rotatable bonds is 4. The fraction of sp³-hybridized carbons (Fsp3) is 0.611. The van der Waals surface area contributed by atoms with E-state index in [2.05, 4.69) is 19.9 Å². The van der Waals surface area contributed by atoms with E-state index in [4.69, 9.17) is 9.47 Å². The minimum Gasteiger partial charge on any atom is -0.462 e. The molecule has 7 rings (SSSR count). The highest BCUT2D eigenvalue weighted by molar-refractivity contribution is 6.05. The molecule has 0 aromatic heterocycles. The number of benzene rings is 1. The zero-order chi connectivity index (χ0) is 30.3. The van der Waals surface area contributed by atoms with Crippen LogP contribution in [-0.4, -0.2) is 34.8 Å². The minimum absolute atomic E-state index is 0.0327. The summed E-state index contributed by atoms with van der Waals surface area (Å²) < 4.78 is 11.6. The molecular formula is C36H43NO6. The maximum absolute atomic E-state index is 14.1. The Morgan fingerprint density at radius 1 is 0.907 bits per heavy atom. The fourth-order valence-electron chi connectivity index (χ4n) is 10.7. The van der Waals surface area contributed by atoms with Gasteiger partial charge in [0.05, 0.1) is 18.4 Å². The molecule has 0 N–H and O–H groups in total. The molecule has 5 aliphatic carbocycles. The predicted molar refractivity (Wildman–Crippen MR) is 159 cm³/mol. The Morgan fingerprint density at radius 3 is 2.37 bits per heavy atom. The van der Waals surface area contributed by atoms with Crippen LogP contribution in [0.3, 0.4) is 0 Å². The van der Waals surface area contributed by atoms with Gasteiger partial charge in [0.15, 0.2) is 0 Å². The molecule has 3 saturated carbocycles. The Hall–Kier alpha value is -3.22.